The second-order valence-corrected chi connectivity index (χ2v) is 11.2. The summed E-state index contributed by atoms with van der Waals surface area (Å²) in [6.45, 7) is 0. The fraction of sp³-hybridized carbons (Fsp3) is 0. The standard InChI is InChI=1S/C36H21NOS/c1-4-13-31-25(8-1)26-9-2-5-14-32(26)37(31)23-17-18-27-30-20-22(16-19-33(30)38-34(27)21-23)24-11-7-12-29-28-10-3-6-15-35(28)39-36(24)29/h1-21H. The molecular weight excluding hydrogens is 494 g/mol. The zero-order valence-electron chi connectivity index (χ0n) is 20.9. The molecule has 0 fully saturated rings. The van der Waals surface area contributed by atoms with Gasteiger partial charge in [-0.05, 0) is 53.6 Å². The highest BCUT2D eigenvalue weighted by atomic mass is 32.1. The summed E-state index contributed by atoms with van der Waals surface area (Å²) in [5, 5.41) is 7.46. The van der Waals surface area contributed by atoms with Crippen LogP contribution in [0.2, 0.25) is 0 Å². The van der Waals surface area contributed by atoms with E-state index in [1.54, 1.807) is 0 Å². The van der Waals surface area contributed by atoms with E-state index in [4.69, 9.17) is 4.42 Å². The van der Waals surface area contributed by atoms with Crippen molar-refractivity contribution >= 4 is 75.3 Å². The predicted molar refractivity (Wildman–Crippen MR) is 166 cm³/mol. The van der Waals surface area contributed by atoms with Gasteiger partial charge in [0, 0.05) is 53.5 Å². The van der Waals surface area contributed by atoms with Crippen molar-refractivity contribution in [3.63, 3.8) is 0 Å². The molecule has 3 heteroatoms. The largest absolute Gasteiger partial charge is 0.456 e. The second kappa shape index (κ2) is 7.83. The summed E-state index contributed by atoms with van der Waals surface area (Å²) >= 11 is 1.87. The van der Waals surface area contributed by atoms with Gasteiger partial charge in [0.2, 0.25) is 0 Å². The lowest BCUT2D eigenvalue weighted by molar-refractivity contribution is 0.668. The highest BCUT2D eigenvalue weighted by molar-refractivity contribution is 7.26. The number of rotatable bonds is 2. The summed E-state index contributed by atoms with van der Waals surface area (Å²) in [5.74, 6) is 0. The first-order valence-corrected chi connectivity index (χ1v) is 14.0. The number of hydrogen-bond donors (Lipinski definition) is 0. The van der Waals surface area contributed by atoms with Crippen molar-refractivity contribution in [2.45, 2.75) is 0 Å². The Balaban J connectivity index is 1.25. The van der Waals surface area contributed by atoms with Crippen molar-refractivity contribution in [3.8, 4) is 16.8 Å². The summed E-state index contributed by atoms with van der Waals surface area (Å²) in [7, 11) is 0. The molecule has 0 aliphatic rings. The smallest absolute Gasteiger partial charge is 0.137 e. The van der Waals surface area contributed by atoms with E-state index in [-0.39, 0.29) is 0 Å². The van der Waals surface area contributed by atoms with Gasteiger partial charge in [-0.25, -0.2) is 0 Å². The zero-order valence-corrected chi connectivity index (χ0v) is 21.7. The SMILES string of the molecule is c1ccc2c(c1)sc1c(-c3ccc4oc5cc(-n6c7ccccc7c7ccccc76)ccc5c4c3)cccc12. The predicted octanol–water partition coefficient (Wildman–Crippen LogP) is 10.7. The molecule has 3 aromatic heterocycles. The van der Waals surface area contributed by atoms with Gasteiger partial charge in [0.05, 0.1) is 11.0 Å². The van der Waals surface area contributed by atoms with Crippen LogP contribution in [0.1, 0.15) is 0 Å². The van der Waals surface area contributed by atoms with Crippen LogP contribution in [0.5, 0.6) is 0 Å². The quantitative estimate of drug-likeness (QED) is 0.224. The van der Waals surface area contributed by atoms with Crippen LogP contribution in [0.3, 0.4) is 0 Å². The molecule has 9 aromatic rings. The number of nitrogens with zero attached hydrogens (tertiary/aromatic N) is 1. The Morgan fingerprint density at radius 2 is 1.21 bits per heavy atom. The molecule has 0 bridgehead atoms. The minimum Gasteiger partial charge on any atom is -0.456 e. The highest BCUT2D eigenvalue weighted by Crippen LogP contribution is 2.42. The van der Waals surface area contributed by atoms with E-state index in [1.807, 2.05) is 11.3 Å². The van der Waals surface area contributed by atoms with Crippen molar-refractivity contribution in [3.05, 3.63) is 127 Å². The molecule has 0 radical (unpaired) electrons. The third-order valence-corrected chi connectivity index (χ3v) is 9.23. The molecule has 0 N–H and O–H groups in total. The molecule has 0 saturated carbocycles. The Bertz CT molecular complexity index is 2350. The Hall–Kier alpha value is -4.86. The normalized spacial score (nSPS) is 12.1. The second-order valence-electron chi connectivity index (χ2n) is 10.1. The molecule has 2 nitrogen and oxygen atoms in total. The van der Waals surface area contributed by atoms with Crippen molar-refractivity contribution in [1.29, 1.82) is 0 Å². The van der Waals surface area contributed by atoms with Crippen molar-refractivity contribution in [1.82, 2.24) is 4.57 Å². The number of furan rings is 1. The molecule has 182 valence electrons. The van der Waals surface area contributed by atoms with E-state index in [0.717, 1.165) is 27.6 Å². The monoisotopic (exact) mass is 515 g/mol. The molecule has 39 heavy (non-hydrogen) atoms. The van der Waals surface area contributed by atoms with E-state index in [2.05, 4.69) is 132 Å². The summed E-state index contributed by atoms with van der Waals surface area (Å²) < 4.78 is 11.4. The van der Waals surface area contributed by atoms with Gasteiger partial charge < -0.3 is 8.98 Å². The van der Waals surface area contributed by atoms with Crippen molar-refractivity contribution < 1.29 is 4.42 Å². The highest BCUT2D eigenvalue weighted by Gasteiger charge is 2.15. The Morgan fingerprint density at radius 1 is 0.487 bits per heavy atom. The maximum absolute atomic E-state index is 6.43. The molecule has 0 saturated heterocycles. The van der Waals surface area contributed by atoms with Crippen LogP contribution >= 0.6 is 11.3 Å². The lowest BCUT2D eigenvalue weighted by Crippen LogP contribution is -1.93. The lowest BCUT2D eigenvalue weighted by Gasteiger charge is -2.07. The van der Waals surface area contributed by atoms with Gasteiger partial charge in [-0.15, -0.1) is 11.3 Å². The number of benzene rings is 6. The third-order valence-electron chi connectivity index (χ3n) is 8.01. The molecule has 0 aliphatic heterocycles. The first kappa shape index (κ1) is 21.1. The minimum atomic E-state index is 0.904. The van der Waals surface area contributed by atoms with Gasteiger partial charge in [-0.1, -0.05) is 78.9 Å². The number of aromatic nitrogens is 1. The molecule has 0 amide bonds. The van der Waals surface area contributed by atoms with Crippen molar-refractivity contribution in [2.24, 2.45) is 0 Å². The maximum atomic E-state index is 6.43. The summed E-state index contributed by atoms with van der Waals surface area (Å²) in [5.41, 5.74) is 7.81. The molecule has 6 aromatic carbocycles. The lowest BCUT2D eigenvalue weighted by atomic mass is 10.0. The summed E-state index contributed by atoms with van der Waals surface area (Å²) in [4.78, 5) is 0. The first-order valence-electron chi connectivity index (χ1n) is 13.2. The Morgan fingerprint density at radius 3 is 2.03 bits per heavy atom. The maximum Gasteiger partial charge on any atom is 0.137 e. The first-order chi connectivity index (χ1) is 19.3. The van der Waals surface area contributed by atoms with Crippen LogP contribution in [-0.4, -0.2) is 4.57 Å². The third kappa shape index (κ3) is 2.96. The Kier molecular flexibility index (Phi) is 4.24. The molecule has 0 aliphatic carbocycles. The average Bonchev–Trinajstić information content (AvgIpc) is 3.66. The van der Waals surface area contributed by atoms with Gasteiger partial charge in [-0.3, -0.25) is 0 Å². The Labute approximate surface area is 227 Å². The molecular formula is C36H21NOS. The van der Waals surface area contributed by atoms with Crippen LogP contribution in [0.4, 0.5) is 0 Å². The van der Waals surface area contributed by atoms with Crippen LogP contribution in [-0.2, 0) is 0 Å². The van der Waals surface area contributed by atoms with Crippen molar-refractivity contribution in [2.75, 3.05) is 0 Å². The van der Waals surface area contributed by atoms with E-state index < -0.39 is 0 Å². The summed E-state index contributed by atoms with van der Waals surface area (Å²) in [6.07, 6.45) is 0. The van der Waals surface area contributed by atoms with E-state index >= 15 is 0 Å². The molecule has 9 rings (SSSR count). The number of hydrogen-bond acceptors (Lipinski definition) is 2. The summed E-state index contributed by atoms with van der Waals surface area (Å²) in [6, 6.07) is 45.8. The topological polar surface area (TPSA) is 18.1 Å². The average molecular weight is 516 g/mol. The van der Waals surface area contributed by atoms with E-state index in [9.17, 15) is 0 Å². The minimum absolute atomic E-state index is 0.904. The number of fused-ring (bicyclic) bond motifs is 9. The molecule has 0 unspecified atom stereocenters. The van der Waals surface area contributed by atoms with Crippen LogP contribution < -0.4 is 0 Å². The van der Waals surface area contributed by atoms with Gasteiger partial charge in [0.15, 0.2) is 0 Å². The van der Waals surface area contributed by atoms with Gasteiger partial charge in [-0.2, -0.15) is 0 Å². The fourth-order valence-electron chi connectivity index (χ4n) is 6.25. The van der Waals surface area contributed by atoms with E-state index in [0.29, 0.717) is 0 Å². The molecule has 0 spiro atoms. The van der Waals surface area contributed by atoms with Crippen LogP contribution in [0.25, 0.3) is 80.7 Å². The van der Waals surface area contributed by atoms with Crippen LogP contribution in [0, 0.1) is 0 Å². The van der Waals surface area contributed by atoms with Gasteiger partial charge in [0.25, 0.3) is 0 Å². The number of para-hydroxylation sites is 2. The van der Waals surface area contributed by atoms with E-state index in [1.165, 1.54) is 53.1 Å². The fourth-order valence-corrected chi connectivity index (χ4v) is 7.49. The molecule has 0 atom stereocenters. The van der Waals surface area contributed by atoms with Gasteiger partial charge in [0.1, 0.15) is 11.2 Å². The van der Waals surface area contributed by atoms with Crippen LogP contribution in [0.15, 0.2) is 132 Å². The van der Waals surface area contributed by atoms with Gasteiger partial charge >= 0.3 is 0 Å². The zero-order chi connectivity index (χ0) is 25.5. The number of thiophene rings is 1. The molecule has 3 heterocycles.